The smallest absolute Gasteiger partial charge is 0.0966 e. The Hall–Kier alpha value is -3.09. The second-order valence-electron chi connectivity index (χ2n) is 5.29. The van der Waals surface area contributed by atoms with Gasteiger partial charge in [0.2, 0.25) is 0 Å². The van der Waals surface area contributed by atoms with E-state index < -0.39 is 0 Å². The number of benzene rings is 3. The largest absolute Gasteiger partial charge is 0.115 e. The molecule has 0 saturated heterocycles. The van der Waals surface area contributed by atoms with E-state index in [4.69, 9.17) is 15.7 Å². The molecule has 0 amide bonds. The normalized spacial score (nSPS) is 9.33. The lowest BCUT2D eigenvalue weighted by atomic mass is 9.89. The monoisotopic (exact) mass is 298 g/mol. The van der Waals surface area contributed by atoms with Gasteiger partial charge in [-0.05, 0) is 36.4 Å². The van der Waals surface area contributed by atoms with Crippen molar-refractivity contribution in [1.29, 1.82) is 0 Å². The van der Waals surface area contributed by atoms with Crippen LogP contribution in [-0.2, 0) is 0 Å². The summed E-state index contributed by atoms with van der Waals surface area (Å²) < 4.78 is 0. The van der Waals surface area contributed by atoms with Gasteiger partial charge in [-0.25, -0.2) is 0 Å². The zero-order chi connectivity index (χ0) is 16.8. The Bertz CT molecular complexity index is 964. The molecule has 2 heteroatoms. The molecular formula is C22H12B2. The topological polar surface area (TPSA) is 0 Å². The molecule has 3 rings (SSSR count). The van der Waals surface area contributed by atoms with Gasteiger partial charge >= 0.3 is 0 Å². The Kier molecular flexibility index (Phi) is 4.90. The van der Waals surface area contributed by atoms with E-state index in [0.29, 0.717) is 5.46 Å². The van der Waals surface area contributed by atoms with Gasteiger partial charge in [0, 0.05) is 22.3 Å². The Morgan fingerprint density at radius 1 is 0.542 bits per heavy atom. The minimum Gasteiger partial charge on any atom is -0.0966 e. The molecule has 0 N–H and O–H groups in total. The van der Waals surface area contributed by atoms with Crippen LogP contribution in [0.15, 0.2) is 72.8 Å². The van der Waals surface area contributed by atoms with Crippen LogP contribution in [0.25, 0.3) is 0 Å². The van der Waals surface area contributed by atoms with Gasteiger partial charge in [-0.15, -0.1) is 0 Å². The SMILES string of the molecule is [B]c1ccc(C#Cc2ccc(C#Cc3ccccc3)c([B])c2)cc1. The van der Waals surface area contributed by atoms with Crippen LogP contribution in [0.1, 0.15) is 22.3 Å². The van der Waals surface area contributed by atoms with E-state index in [1.54, 1.807) is 0 Å². The first-order chi connectivity index (χ1) is 11.7. The van der Waals surface area contributed by atoms with Crippen molar-refractivity contribution in [2.24, 2.45) is 0 Å². The van der Waals surface area contributed by atoms with Crippen LogP contribution in [0.5, 0.6) is 0 Å². The van der Waals surface area contributed by atoms with Gasteiger partial charge in [-0.2, -0.15) is 0 Å². The second-order valence-corrected chi connectivity index (χ2v) is 5.29. The molecular weight excluding hydrogens is 286 g/mol. The fourth-order valence-corrected chi connectivity index (χ4v) is 2.13. The number of rotatable bonds is 0. The van der Waals surface area contributed by atoms with Crippen LogP contribution in [0.3, 0.4) is 0 Å². The Balaban J connectivity index is 1.81. The molecule has 0 nitrogen and oxygen atoms in total. The summed E-state index contributed by atoms with van der Waals surface area (Å²) in [7, 11) is 11.8. The second kappa shape index (κ2) is 7.45. The average Bonchev–Trinajstić information content (AvgIpc) is 2.61. The predicted molar refractivity (Wildman–Crippen MR) is 102 cm³/mol. The Morgan fingerprint density at radius 2 is 1.12 bits per heavy atom. The minimum absolute atomic E-state index is 0.627. The van der Waals surface area contributed by atoms with Crippen molar-refractivity contribution < 1.29 is 0 Å². The third kappa shape index (κ3) is 4.22. The van der Waals surface area contributed by atoms with Crippen molar-refractivity contribution in [3.8, 4) is 23.7 Å². The van der Waals surface area contributed by atoms with Crippen LogP contribution in [0.4, 0.5) is 0 Å². The molecule has 3 aromatic rings. The molecule has 0 heterocycles. The molecule has 0 saturated carbocycles. The highest BCUT2D eigenvalue weighted by Gasteiger charge is 1.96. The molecule has 0 fully saturated rings. The van der Waals surface area contributed by atoms with E-state index in [9.17, 15) is 0 Å². The molecule has 0 aromatic heterocycles. The van der Waals surface area contributed by atoms with E-state index in [1.807, 2.05) is 72.8 Å². The summed E-state index contributed by atoms with van der Waals surface area (Å²) in [6, 6.07) is 23.0. The van der Waals surface area contributed by atoms with Crippen molar-refractivity contribution in [3.63, 3.8) is 0 Å². The van der Waals surface area contributed by atoms with Crippen LogP contribution in [0.2, 0.25) is 0 Å². The summed E-state index contributed by atoms with van der Waals surface area (Å²) in [5.41, 5.74) is 4.89. The number of hydrogen-bond donors (Lipinski definition) is 0. The maximum Gasteiger partial charge on any atom is 0.115 e. The minimum atomic E-state index is 0.627. The fourth-order valence-electron chi connectivity index (χ4n) is 2.13. The van der Waals surface area contributed by atoms with E-state index >= 15 is 0 Å². The highest BCUT2D eigenvalue weighted by atomic mass is 14.0. The van der Waals surface area contributed by atoms with Crippen LogP contribution >= 0.6 is 0 Å². The molecule has 0 aliphatic rings. The first-order valence-electron chi connectivity index (χ1n) is 7.55. The van der Waals surface area contributed by atoms with Crippen LogP contribution in [-0.4, -0.2) is 15.7 Å². The molecule has 24 heavy (non-hydrogen) atoms. The Labute approximate surface area is 145 Å². The lowest BCUT2D eigenvalue weighted by Gasteiger charge is -1.99. The van der Waals surface area contributed by atoms with E-state index in [-0.39, 0.29) is 0 Å². The highest BCUT2D eigenvalue weighted by Crippen LogP contribution is 2.02. The van der Waals surface area contributed by atoms with Crippen LogP contribution in [0, 0.1) is 23.7 Å². The number of hydrogen-bond acceptors (Lipinski definition) is 0. The zero-order valence-corrected chi connectivity index (χ0v) is 13.1. The summed E-state index contributed by atoms with van der Waals surface area (Å²) >= 11 is 0. The molecule has 0 unspecified atom stereocenters. The highest BCUT2D eigenvalue weighted by molar-refractivity contribution is 6.34. The molecule has 0 atom stereocenters. The van der Waals surface area contributed by atoms with E-state index in [0.717, 1.165) is 27.7 Å². The molecule has 0 spiro atoms. The lowest BCUT2D eigenvalue weighted by Crippen LogP contribution is -2.07. The van der Waals surface area contributed by atoms with Crippen molar-refractivity contribution >= 4 is 26.6 Å². The van der Waals surface area contributed by atoms with Crippen LogP contribution < -0.4 is 10.9 Å². The standard InChI is InChI=1S/C22H12B2/c23-21-14-10-18(11-15-21)6-7-19-9-13-20(22(24)16-19)12-8-17-4-2-1-3-5-17/h1-5,9-11,13-16H. The molecule has 0 bridgehead atoms. The third-order valence-electron chi connectivity index (χ3n) is 3.43. The molecule has 0 aliphatic heterocycles. The predicted octanol–water partition coefficient (Wildman–Crippen LogP) is 2.07. The van der Waals surface area contributed by atoms with Crippen molar-refractivity contribution in [1.82, 2.24) is 0 Å². The van der Waals surface area contributed by atoms with Gasteiger partial charge in [-0.3, -0.25) is 0 Å². The summed E-state index contributed by atoms with van der Waals surface area (Å²) in [5.74, 6) is 12.4. The zero-order valence-electron chi connectivity index (χ0n) is 13.1. The molecule has 106 valence electrons. The quantitative estimate of drug-likeness (QED) is 0.440. The summed E-state index contributed by atoms with van der Waals surface area (Å²) in [5, 5.41) is 0. The molecule has 3 aromatic carbocycles. The van der Waals surface area contributed by atoms with Crippen molar-refractivity contribution in [2.75, 3.05) is 0 Å². The summed E-state index contributed by atoms with van der Waals surface area (Å²) in [6.07, 6.45) is 0. The summed E-state index contributed by atoms with van der Waals surface area (Å²) in [6.45, 7) is 0. The molecule has 4 radical (unpaired) electrons. The van der Waals surface area contributed by atoms with Gasteiger partial charge in [-0.1, -0.05) is 71.0 Å². The fraction of sp³-hybridized carbons (Fsp3) is 0. The van der Waals surface area contributed by atoms with Crippen molar-refractivity contribution in [2.45, 2.75) is 0 Å². The Morgan fingerprint density at radius 3 is 1.83 bits per heavy atom. The van der Waals surface area contributed by atoms with Gasteiger partial charge in [0.1, 0.15) is 15.7 Å². The van der Waals surface area contributed by atoms with E-state index in [1.165, 1.54) is 0 Å². The average molecular weight is 298 g/mol. The lowest BCUT2D eigenvalue weighted by molar-refractivity contribution is 1.62. The van der Waals surface area contributed by atoms with Gasteiger partial charge in [0.15, 0.2) is 0 Å². The first kappa shape index (κ1) is 15.8. The third-order valence-corrected chi connectivity index (χ3v) is 3.43. The summed E-state index contributed by atoms with van der Waals surface area (Å²) in [4.78, 5) is 0. The van der Waals surface area contributed by atoms with Gasteiger partial charge in [0.05, 0.1) is 0 Å². The van der Waals surface area contributed by atoms with E-state index in [2.05, 4.69) is 23.7 Å². The van der Waals surface area contributed by atoms with Crippen molar-refractivity contribution in [3.05, 3.63) is 95.1 Å². The maximum absolute atomic E-state index is 6.09. The maximum atomic E-state index is 6.09. The first-order valence-corrected chi connectivity index (χ1v) is 7.55. The van der Waals surface area contributed by atoms with Gasteiger partial charge < -0.3 is 0 Å². The molecule has 0 aliphatic carbocycles. The van der Waals surface area contributed by atoms with Gasteiger partial charge in [0.25, 0.3) is 0 Å².